The summed E-state index contributed by atoms with van der Waals surface area (Å²) in [7, 11) is 0. The highest BCUT2D eigenvalue weighted by molar-refractivity contribution is 6.21. The van der Waals surface area contributed by atoms with Crippen molar-refractivity contribution in [3.05, 3.63) is 48.9 Å². The van der Waals surface area contributed by atoms with Gasteiger partial charge in [-0.05, 0) is 24.6 Å². The van der Waals surface area contributed by atoms with Gasteiger partial charge in [-0.1, -0.05) is 13.2 Å². The van der Waals surface area contributed by atoms with Gasteiger partial charge in [-0.2, -0.15) is 0 Å². The minimum Gasteiger partial charge on any atom is -0.383 e. The Kier molecular flexibility index (Phi) is 4.81. The van der Waals surface area contributed by atoms with Gasteiger partial charge in [0.05, 0.1) is 5.70 Å². The Labute approximate surface area is 101 Å². The zero-order chi connectivity index (χ0) is 12.7. The molecule has 0 amide bonds. The van der Waals surface area contributed by atoms with Gasteiger partial charge in [-0.15, -0.1) is 0 Å². The second-order valence-corrected chi connectivity index (χ2v) is 3.33. The summed E-state index contributed by atoms with van der Waals surface area (Å²) >= 11 is 0. The lowest BCUT2D eigenvalue weighted by molar-refractivity contribution is 1.14. The maximum atomic E-state index is 5.83. The number of aromatic nitrogens is 1. The first-order chi connectivity index (χ1) is 8.15. The van der Waals surface area contributed by atoms with Gasteiger partial charge in [-0.3, -0.25) is 9.98 Å². The Morgan fingerprint density at radius 3 is 2.65 bits per heavy atom. The van der Waals surface area contributed by atoms with Crippen LogP contribution in [0.25, 0.3) is 5.57 Å². The molecule has 0 atom stereocenters. The summed E-state index contributed by atoms with van der Waals surface area (Å²) < 4.78 is 0. The molecule has 0 bridgehead atoms. The fraction of sp³-hybridized carbons (Fsp3) is 0.154. The van der Waals surface area contributed by atoms with Crippen molar-refractivity contribution in [1.82, 2.24) is 4.98 Å². The van der Waals surface area contributed by atoms with Gasteiger partial charge in [0.1, 0.15) is 5.84 Å². The Morgan fingerprint density at radius 2 is 2.06 bits per heavy atom. The summed E-state index contributed by atoms with van der Waals surface area (Å²) in [5, 5.41) is 0. The van der Waals surface area contributed by atoms with Crippen molar-refractivity contribution in [3.8, 4) is 0 Å². The largest absolute Gasteiger partial charge is 0.383 e. The van der Waals surface area contributed by atoms with Gasteiger partial charge < -0.3 is 5.73 Å². The summed E-state index contributed by atoms with van der Waals surface area (Å²) in [5.41, 5.74) is 7.88. The molecule has 4 heteroatoms. The van der Waals surface area contributed by atoms with E-state index in [9.17, 15) is 0 Å². The van der Waals surface area contributed by atoms with E-state index in [-0.39, 0.29) is 0 Å². The molecule has 0 aromatic carbocycles. The van der Waals surface area contributed by atoms with Crippen LogP contribution < -0.4 is 5.73 Å². The lowest BCUT2D eigenvalue weighted by atomic mass is 10.1. The summed E-state index contributed by atoms with van der Waals surface area (Å²) in [4.78, 5) is 12.1. The van der Waals surface area contributed by atoms with Crippen LogP contribution in [0.3, 0.4) is 0 Å². The van der Waals surface area contributed by atoms with Crippen molar-refractivity contribution in [2.24, 2.45) is 15.7 Å². The minimum atomic E-state index is 0.337. The molecule has 17 heavy (non-hydrogen) atoms. The third kappa shape index (κ3) is 4.03. The molecule has 0 aliphatic rings. The van der Waals surface area contributed by atoms with E-state index in [0.29, 0.717) is 23.7 Å². The third-order valence-corrected chi connectivity index (χ3v) is 2.02. The molecule has 0 radical (unpaired) electrons. The van der Waals surface area contributed by atoms with Gasteiger partial charge in [0, 0.05) is 30.7 Å². The number of nitrogens with two attached hydrogens (primary N) is 1. The molecule has 4 nitrogen and oxygen atoms in total. The molecule has 0 aliphatic heterocycles. The molecule has 88 valence electrons. The molecule has 0 saturated carbocycles. The normalized spacial score (nSPS) is 11.7. The minimum absolute atomic E-state index is 0.337. The van der Waals surface area contributed by atoms with Crippen molar-refractivity contribution in [2.75, 3.05) is 6.54 Å². The van der Waals surface area contributed by atoms with Gasteiger partial charge in [-0.25, -0.2) is 4.99 Å². The number of hydrogen-bond donors (Lipinski definition) is 1. The average Bonchev–Trinajstić information content (AvgIpc) is 2.36. The fourth-order valence-corrected chi connectivity index (χ4v) is 1.15. The van der Waals surface area contributed by atoms with Crippen LogP contribution in [0, 0.1) is 0 Å². The summed E-state index contributed by atoms with van der Waals surface area (Å²) in [6.45, 7) is 10.3. The van der Waals surface area contributed by atoms with Crippen LogP contribution in [0.2, 0.25) is 0 Å². The first-order valence-electron chi connectivity index (χ1n) is 5.27. The highest BCUT2D eigenvalue weighted by atomic mass is 14.9. The number of nitrogens with zero attached hydrogens (tertiary/aromatic N) is 3. The lowest BCUT2D eigenvalue weighted by Crippen LogP contribution is -2.13. The third-order valence-electron chi connectivity index (χ3n) is 2.02. The predicted octanol–water partition coefficient (Wildman–Crippen LogP) is 2.06. The van der Waals surface area contributed by atoms with Gasteiger partial charge >= 0.3 is 0 Å². The number of amidine groups is 1. The van der Waals surface area contributed by atoms with E-state index in [4.69, 9.17) is 5.73 Å². The highest BCUT2D eigenvalue weighted by Crippen LogP contribution is 2.11. The van der Waals surface area contributed by atoms with Crippen LogP contribution in [0.15, 0.2) is 53.4 Å². The van der Waals surface area contributed by atoms with Crippen LogP contribution in [0.1, 0.15) is 12.5 Å². The van der Waals surface area contributed by atoms with Crippen LogP contribution in [0.4, 0.5) is 0 Å². The molecule has 1 rings (SSSR count). The average molecular weight is 228 g/mol. The topological polar surface area (TPSA) is 63.6 Å². The highest BCUT2D eigenvalue weighted by Gasteiger charge is 2.02. The number of rotatable bonds is 5. The monoisotopic (exact) mass is 228 g/mol. The van der Waals surface area contributed by atoms with E-state index >= 15 is 0 Å². The molecule has 0 unspecified atom stereocenters. The smallest absolute Gasteiger partial charge is 0.131 e. The number of pyridine rings is 1. The number of hydrogen-bond acceptors (Lipinski definition) is 3. The Balaban J connectivity index is 2.80. The first kappa shape index (κ1) is 12.8. The number of aliphatic imine (C=N–C) groups is 2. The van der Waals surface area contributed by atoms with Crippen LogP contribution in [-0.2, 0) is 0 Å². The first-order valence-corrected chi connectivity index (χ1v) is 5.27. The second kappa shape index (κ2) is 6.37. The summed E-state index contributed by atoms with van der Waals surface area (Å²) in [6.07, 6.45) is 4.95. The molecule has 2 N–H and O–H groups in total. The second-order valence-electron chi connectivity index (χ2n) is 3.33. The molecule has 0 spiro atoms. The number of allylic oxidation sites excluding steroid dienone is 1. The standard InChI is InChI=1S/C13H16N4/c1-4-15-9-10(2)17-13(14)11(3)12-5-7-16-8-6-12/h5-9H,2-4H2,1H3,(H2,14,17). The van der Waals surface area contributed by atoms with Gasteiger partial charge in [0.15, 0.2) is 0 Å². The Hall–Kier alpha value is -2.23. The van der Waals surface area contributed by atoms with Crippen molar-refractivity contribution in [1.29, 1.82) is 0 Å². The van der Waals surface area contributed by atoms with Gasteiger partial charge in [0.25, 0.3) is 0 Å². The maximum absolute atomic E-state index is 5.83. The van der Waals surface area contributed by atoms with Crippen LogP contribution in [-0.4, -0.2) is 23.6 Å². The molecule has 1 aromatic rings. The predicted molar refractivity (Wildman–Crippen MR) is 73.1 cm³/mol. The van der Waals surface area contributed by atoms with Crippen LogP contribution in [0.5, 0.6) is 0 Å². The van der Waals surface area contributed by atoms with E-state index in [1.54, 1.807) is 18.6 Å². The maximum Gasteiger partial charge on any atom is 0.131 e. The quantitative estimate of drug-likeness (QED) is 0.619. The molecule has 1 aromatic heterocycles. The van der Waals surface area contributed by atoms with E-state index in [0.717, 1.165) is 5.56 Å². The van der Waals surface area contributed by atoms with E-state index in [1.807, 2.05) is 19.1 Å². The lowest BCUT2D eigenvalue weighted by Gasteiger charge is -2.04. The molecule has 0 aliphatic carbocycles. The van der Waals surface area contributed by atoms with Crippen molar-refractivity contribution in [3.63, 3.8) is 0 Å². The van der Waals surface area contributed by atoms with E-state index < -0.39 is 0 Å². The summed E-state index contributed by atoms with van der Waals surface area (Å²) in [5.74, 6) is 0.337. The SMILES string of the molecule is C=C(C=NCC)N=C(N)C(=C)c1ccncc1. The van der Waals surface area contributed by atoms with E-state index in [2.05, 4.69) is 28.1 Å². The molecular formula is C13H16N4. The Morgan fingerprint density at radius 1 is 1.41 bits per heavy atom. The summed E-state index contributed by atoms with van der Waals surface area (Å²) in [6, 6.07) is 3.65. The molecular weight excluding hydrogens is 212 g/mol. The zero-order valence-electron chi connectivity index (χ0n) is 9.93. The van der Waals surface area contributed by atoms with Gasteiger partial charge in [0.2, 0.25) is 0 Å². The van der Waals surface area contributed by atoms with Crippen molar-refractivity contribution >= 4 is 17.6 Å². The molecule has 1 heterocycles. The van der Waals surface area contributed by atoms with Crippen molar-refractivity contribution in [2.45, 2.75) is 6.92 Å². The zero-order valence-corrected chi connectivity index (χ0v) is 9.93. The van der Waals surface area contributed by atoms with E-state index in [1.165, 1.54) is 0 Å². The Bertz CT molecular complexity index is 458. The van der Waals surface area contributed by atoms with Crippen molar-refractivity contribution < 1.29 is 0 Å². The van der Waals surface area contributed by atoms with Crippen LogP contribution >= 0.6 is 0 Å². The molecule has 0 fully saturated rings. The fourth-order valence-electron chi connectivity index (χ4n) is 1.15. The molecule has 0 saturated heterocycles.